The first-order chi connectivity index (χ1) is 9.09. The summed E-state index contributed by atoms with van der Waals surface area (Å²) in [6, 6.07) is 7.59. The second-order valence-corrected chi connectivity index (χ2v) is 5.50. The molecule has 0 bridgehead atoms. The van der Waals surface area contributed by atoms with Crippen molar-refractivity contribution in [2.45, 2.75) is 45.7 Å². The molecule has 0 atom stereocenters. The molecule has 0 aliphatic heterocycles. The molecule has 0 unspecified atom stereocenters. The minimum absolute atomic E-state index is 0.101. The van der Waals surface area contributed by atoms with Crippen LogP contribution in [0, 0.1) is 5.82 Å². The molecule has 0 aliphatic carbocycles. The summed E-state index contributed by atoms with van der Waals surface area (Å²) in [7, 11) is 2.05. The van der Waals surface area contributed by atoms with Gasteiger partial charge in [0.05, 0.1) is 0 Å². The number of benzene rings is 1. The quantitative estimate of drug-likeness (QED) is 0.689. The number of unbranched alkanes of at least 4 members (excludes halogenated alkanes) is 2. The summed E-state index contributed by atoms with van der Waals surface area (Å²) in [6.45, 7) is 7.14. The van der Waals surface area contributed by atoms with Crippen molar-refractivity contribution in [1.82, 2.24) is 10.2 Å². The minimum Gasteiger partial charge on any atom is -0.315 e. The topological polar surface area (TPSA) is 15.3 Å². The van der Waals surface area contributed by atoms with Crippen molar-refractivity contribution in [2.75, 3.05) is 20.1 Å². The summed E-state index contributed by atoms with van der Waals surface area (Å²) in [6.07, 6.45) is 3.61. The maximum Gasteiger partial charge on any atom is 0.127 e. The van der Waals surface area contributed by atoms with Gasteiger partial charge in [-0.1, -0.05) is 38.5 Å². The number of hydrogen-bond acceptors (Lipinski definition) is 2. The molecule has 0 fully saturated rings. The van der Waals surface area contributed by atoms with Crippen molar-refractivity contribution in [3.8, 4) is 0 Å². The van der Waals surface area contributed by atoms with E-state index >= 15 is 0 Å². The number of nitrogens with zero attached hydrogens (tertiary/aromatic N) is 1. The highest BCUT2D eigenvalue weighted by molar-refractivity contribution is 5.16. The molecule has 0 radical (unpaired) electrons. The third kappa shape index (κ3) is 7.28. The standard InChI is InChI=1S/C16H27FN2/c1-14(2)18-11-7-4-8-12-19(3)13-15-9-5-6-10-16(15)17/h5-6,9-10,14,18H,4,7-8,11-13H2,1-3H3. The fraction of sp³-hybridized carbons (Fsp3) is 0.625. The Morgan fingerprint density at radius 3 is 2.58 bits per heavy atom. The Bertz CT molecular complexity index is 352. The second-order valence-electron chi connectivity index (χ2n) is 5.50. The van der Waals surface area contributed by atoms with Crippen LogP contribution in [0.3, 0.4) is 0 Å². The predicted molar refractivity (Wildman–Crippen MR) is 79.7 cm³/mol. The van der Waals surface area contributed by atoms with Gasteiger partial charge in [0.2, 0.25) is 0 Å². The predicted octanol–water partition coefficient (Wildman–Crippen LogP) is 3.43. The first kappa shape index (κ1) is 16.1. The molecule has 0 aliphatic rings. The van der Waals surface area contributed by atoms with Gasteiger partial charge in [-0.25, -0.2) is 4.39 Å². The van der Waals surface area contributed by atoms with Gasteiger partial charge in [0, 0.05) is 18.2 Å². The van der Waals surface area contributed by atoms with Gasteiger partial charge < -0.3 is 10.2 Å². The molecule has 1 aromatic carbocycles. The Labute approximate surface area is 117 Å². The molecular formula is C16H27FN2. The number of halogens is 1. The summed E-state index contributed by atoms with van der Waals surface area (Å²) in [5.74, 6) is -0.101. The Morgan fingerprint density at radius 2 is 1.89 bits per heavy atom. The second kappa shape index (κ2) is 9.05. The van der Waals surface area contributed by atoms with E-state index in [1.54, 1.807) is 6.07 Å². The summed E-state index contributed by atoms with van der Waals surface area (Å²) >= 11 is 0. The van der Waals surface area contributed by atoms with Gasteiger partial charge in [0.1, 0.15) is 5.82 Å². The number of hydrogen-bond donors (Lipinski definition) is 1. The van der Waals surface area contributed by atoms with Crippen LogP contribution in [0.1, 0.15) is 38.7 Å². The molecule has 0 saturated carbocycles. The molecular weight excluding hydrogens is 239 g/mol. The monoisotopic (exact) mass is 266 g/mol. The highest BCUT2D eigenvalue weighted by Crippen LogP contribution is 2.09. The van der Waals surface area contributed by atoms with Gasteiger partial charge in [0.15, 0.2) is 0 Å². The Balaban J connectivity index is 2.11. The zero-order valence-electron chi connectivity index (χ0n) is 12.5. The lowest BCUT2D eigenvalue weighted by atomic mass is 10.2. The zero-order valence-corrected chi connectivity index (χ0v) is 12.5. The van der Waals surface area contributed by atoms with E-state index in [0.29, 0.717) is 12.6 Å². The molecule has 0 saturated heterocycles. The van der Waals surface area contributed by atoms with E-state index in [1.807, 2.05) is 12.1 Å². The maximum absolute atomic E-state index is 13.5. The van der Waals surface area contributed by atoms with Gasteiger partial charge in [-0.3, -0.25) is 0 Å². The highest BCUT2D eigenvalue weighted by atomic mass is 19.1. The largest absolute Gasteiger partial charge is 0.315 e. The van der Waals surface area contributed by atoms with Gasteiger partial charge in [-0.15, -0.1) is 0 Å². The molecule has 1 N–H and O–H groups in total. The van der Waals surface area contributed by atoms with Gasteiger partial charge in [-0.2, -0.15) is 0 Å². The fourth-order valence-electron chi connectivity index (χ4n) is 2.07. The molecule has 0 amide bonds. The lowest BCUT2D eigenvalue weighted by molar-refractivity contribution is 0.311. The van der Waals surface area contributed by atoms with E-state index in [1.165, 1.54) is 25.3 Å². The van der Waals surface area contributed by atoms with Crippen LogP contribution in [0.2, 0.25) is 0 Å². The van der Waals surface area contributed by atoms with E-state index in [2.05, 4.69) is 31.1 Å². The van der Waals surface area contributed by atoms with E-state index in [-0.39, 0.29) is 5.82 Å². The highest BCUT2D eigenvalue weighted by Gasteiger charge is 2.04. The number of rotatable bonds is 9. The molecule has 108 valence electrons. The molecule has 1 aromatic rings. The summed E-state index contributed by atoms with van der Waals surface area (Å²) in [5.41, 5.74) is 0.784. The van der Waals surface area contributed by atoms with Gasteiger partial charge >= 0.3 is 0 Å². The smallest absolute Gasteiger partial charge is 0.127 e. The summed E-state index contributed by atoms with van der Waals surface area (Å²) in [5, 5.41) is 3.42. The zero-order chi connectivity index (χ0) is 14.1. The van der Waals surface area contributed by atoms with E-state index in [4.69, 9.17) is 0 Å². The van der Waals surface area contributed by atoms with Crippen LogP contribution >= 0.6 is 0 Å². The molecule has 19 heavy (non-hydrogen) atoms. The average molecular weight is 266 g/mol. The van der Waals surface area contributed by atoms with E-state index < -0.39 is 0 Å². The number of nitrogens with one attached hydrogen (secondary N) is 1. The molecule has 0 heterocycles. The van der Waals surface area contributed by atoms with Crippen LogP contribution in [-0.4, -0.2) is 31.1 Å². The molecule has 3 heteroatoms. The normalized spacial score (nSPS) is 11.5. The lowest BCUT2D eigenvalue weighted by Gasteiger charge is -2.17. The van der Waals surface area contributed by atoms with Crippen molar-refractivity contribution in [3.05, 3.63) is 35.6 Å². The lowest BCUT2D eigenvalue weighted by Crippen LogP contribution is -2.24. The molecule has 1 rings (SSSR count). The summed E-state index contributed by atoms with van der Waals surface area (Å²) in [4.78, 5) is 2.19. The minimum atomic E-state index is -0.101. The Hall–Kier alpha value is -0.930. The first-order valence-electron chi connectivity index (χ1n) is 7.25. The third-order valence-corrected chi connectivity index (χ3v) is 3.17. The Kier molecular flexibility index (Phi) is 7.68. The van der Waals surface area contributed by atoms with Crippen LogP contribution < -0.4 is 5.32 Å². The van der Waals surface area contributed by atoms with Crippen molar-refractivity contribution in [3.63, 3.8) is 0 Å². The maximum atomic E-state index is 13.5. The van der Waals surface area contributed by atoms with Crippen LogP contribution in [0.15, 0.2) is 24.3 Å². The van der Waals surface area contributed by atoms with Crippen molar-refractivity contribution in [2.24, 2.45) is 0 Å². The average Bonchev–Trinajstić information content (AvgIpc) is 2.36. The van der Waals surface area contributed by atoms with Crippen LogP contribution in [0.4, 0.5) is 4.39 Å². The molecule has 0 aromatic heterocycles. The molecule has 2 nitrogen and oxygen atoms in total. The van der Waals surface area contributed by atoms with Crippen molar-refractivity contribution >= 4 is 0 Å². The van der Waals surface area contributed by atoms with E-state index in [9.17, 15) is 4.39 Å². The van der Waals surface area contributed by atoms with Crippen LogP contribution in [0.25, 0.3) is 0 Å². The van der Waals surface area contributed by atoms with Gasteiger partial charge in [0.25, 0.3) is 0 Å². The molecule has 0 spiro atoms. The van der Waals surface area contributed by atoms with Crippen LogP contribution in [0.5, 0.6) is 0 Å². The van der Waals surface area contributed by atoms with Gasteiger partial charge in [-0.05, 0) is 39.0 Å². The third-order valence-electron chi connectivity index (χ3n) is 3.17. The van der Waals surface area contributed by atoms with Crippen molar-refractivity contribution < 1.29 is 4.39 Å². The van der Waals surface area contributed by atoms with Crippen molar-refractivity contribution in [1.29, 1.82) is 0 Å². The fourth-order valence-corrected chi connectivity index (χ4v) is 2.07. The van der Waals surface area contributed by atoms with Crippen LogP contribution in [-0.2, 0) is 6.54 Å². The Morgan fingerprint density at radius 1 is 1.16 bits per heavy atom. The summed E-state index contributed by atoms with van der Waals surface area (Å²) < 4.78 is 13.5. The first-order valence-corrected chi connectivity index (χ1v) is 7.25. The van der Waals surface area contributed by atoms with E-state index in [0.717, 1.165) is 18.7 Å². The SMILES string of the molecule is CC(C)NCCCCCN(C)Cc1ccccc1F.